The van der Waals surface area contributed by atoms with Crippen molar-refractivity contribution in [1.82, 2.24) is 4.98 Å². The standard InChI is InChI=1S/C25H28FN3O3/c1-2-3-4-5-12-30-20-9-6-18(7-10-20)28-22-16-25(27-17-21(22)26)29-19-8-11-23-24(15-19)32-14-13-31-23/h6-11,15-17H,2-5,12-14H2,1H3,(H2,27,28,29). The van der Waals surface area contributed by atoms with E-state index in [2.05, 4.69) is 22.5 Å². The van der Waals surface area contributed by atoms with Crippen LogP contribution in [0.5, 0.6) is 17.2 Å². The summed E-state index contributed by atoms with van der Waals surface area (Å²) in [6.45, 7) is 3.96. The van der Waals surface area contributed by atoms with Crippen molar-refractivity contribution >= 4 is 22.9 Å². The number of unbranched alkanes of at least 4 members (excludes halogenated alkanes) is 3. The molecule has 0 amide bonds. The van der Waals surface area contributed by atoms with Gasteiger partial charge < -0.3 is 24.8 Å². The summed E-state index contributed by atoms with van der Waals surface area (Å²) >= 11 is 0. The molecular weight excluding hydrogens is 409 g/mol. The molecule has 4 rings (SSSR count). The predicted octanol–water partition coefficient (Wildman–Crippen LogP) is 6.44. The number of anilines is 4. The lowest BCUT2D eigenvalue weighted by molar-refractivity contribution is 0.171. The Bertz CT molecular complexity index is 1030. The van der Waals surface area contributed by atoms with Crippen LogP contribution in [0.3, 0.4) is 0 Å². The van der Waals surface area contributed by atoms with E-state index in [1.165, 1.54) is 25.5 Å². The van der Waals surface area contributed by atoms with Crippen molar-refractivity contribution in [3.8, 4) is 17.2 Å². The number of halogens is 1. The molecule has 1 aliphatic rings. The Labute approximate surface area is 187 Å². The summed E-state index contributed by atoms with van der Waals surface area (Å²) in [5.74, 6) is 2.27. The second kappa shape index (κ2) is 10.7. The maximum absolute atomic E-state index is 14.4. The van der Waals surface area contributed by atoms with Gasteiger partial charge in [-0.05, 0) is 42.8 Å². The second-order valence-corrected chi connectivity index (χ2v) is 7.59. The molecule has 1 aliphatic heterocycles. The minimum Gasteiger partial charge on any atom is -0.494 e. The molecule has 7 heteroatoms. The van der Waals surface area contributed by atoms with Gasteiger partial charge in [-0.1, -0.05) is 26.2 Å². The van der Waals surface area contributed by atoms with E-state index in [4.69, 9.17) is 14.2 Å². The fourth-order valence-corrected chi connectivity index (χ4v) is 3.38. The number of hydrogen-bond donors (Lipinski definition) is 2. The molecule has 0 saturated heterocycles. The number of hydrogen-bond acceptors (Lipinski definition) is 6. The van der Waals surface area contributed by atoms with Crippen LogP contribution in [0.25, 0.3) is 0 Å². The monoisotopic (exact) mass is 437 g/mol. The van der Waals surface area contributed by atoms with E-state index in [0.717, 1.165) is 23.5 Å². The first-order valence-electron chi connectivity index (χ1n) is 11.0. The van der Waals surface area contributed by atoms with Gasteiger partial charge in [0.1, 0.15) is 24.8 Å². The molecule has 2 N–H and O–H groups in total. The number of benzene rings is 2. The molecule has 6 nitrogen and oxygen atoms in total. The van der Waals surface area contributed by atoms with Crippen LogP contribution >= 0.6 is 0 Å². The van der Waals surface area contributed by atoms with Crippen LogP contribution in [0.15, 0.2) is 54.7 Å². The maximum Gasteiger partial charge on any atom is 0.165 e. The van der Waals surface area contributed by atoms with Gasteiger partial charge in [-0.15, -0.1) is 0 Å². The van der Waals surface area contributed by atoms with E-state index in [1.807, 2.05) is 42.5 Å². The van der Waals surface area contributed by atoms with Gasteiger partial charge in [0, 0.05) is 23.5 Å². The third-order valence-corrected chi connectivity index (χ3v) is 5.07. The number of pyridine rings is 1. The molecule has 0 bridgehead atoms. The lowest BCUT2D eigenvalue weighted by atomic mass is 10.2. The third kappa shape index (κ3) is 5.81. The molecule has 1 aromatic heterocycles. The molecular formula is C25H28FN3O3. The van der Waals surface area contributed by atoms with Crippen LogP contribution < -0.4 is 24.8 Å². The van der Waals surface area contributed by atoms with Crippen molar-refractivity contribution in [2.45, 2.75) is 32.6 Å². The Morgan fingerprint density at radius 2 is 1.69 bits per heavy atom. The highest BCUT2D eigenvalue weighted by Gasteiger charge is 2.12. The Hall–Kier alpha value is -3.48. The molecule has 0 unspecified atom stereocenters. The zero-order chi connectivity index (χ0) is 22.2. The molecule has 0 fully saturated rings. The fraction of sp³-hybridized carbons (Fsp3) is 0.320. The lowest BCUT2D eigenvalue weighted by Crippen LogP contribution is -2.15. The van der Waals surface area contributed by atoms with Crippen LogP contribution in [-0.2, 0) is 0 Å². The van der Waals surface area contributed by atoms with Crippen LogP contribution in [0, 0.1) is 5.82 Å². The molecule has 0 radical (unpaired) electrons. The molecule has 0 atom stereocenters. The average molecular weight is 438 g/mol. The molecule has 2 heterocycles. The highest BCUT2D eigenvalue weighted by Crippen LogP contribution is 2.34. The van der Waals surface area contributed by atoms with Crippen LogP contribution in [0.1, 0.15) is 32.6 Å². The van der Waals surface area contributed by atoms with Gasteiger partial charge in [0.15, 0.2) is 17.3 Å². The van der Waals surface area contributed by atoms with E-state index < -0.39 is 5.82 Å². The van der Waals surface area contributed by atoms with Crippen molar-refractivity contribution in [2.24, 2.45) is 0 Å². The molecule has 0 spiro atoms. The van der Waals surface area contributed by atoms with E-state index in [-0.39, 0.29) is 0 Å². The molecule has 0 saturated carbocycles. The highest BCUT2D eigenvalue weighted by atomic mass is 19.1. The number of nitrogens with one attached hydrogen (secondary N) is 2. The van der Waals surface area contributed by atoms with Crippen LogP contribution in [0.2, 0.25) is 0 Å². The number of aromatic nitrogens is 1. The summed E-state index contributed by atoms with van der Waals surface area (Å²) in [4.78, 5) is 4.14. The largest absolute Gasteiger partial charge is 0.494 e. The summed E-state index contributed by atoms with van der Waals surface area (Å²) in [5.41, 5.74) is 1.87. The zero-order valence-corrected chi connectivity index (χ0v) is 18.2. The van der Waals surface area contributed by atoms with E-state index in [9.17, 15) is 4.39 Å². The van der Waals surface area contributed by atoms with Gasteiger partial charge in [0.2, 0.25) is 0 Å². The van der Waals surface area contributed by atoms with Crippen molar-refractivity contribution < 1.29 is 18.6 Å². The predicted molar refractivity (Wildman–Crippen MR) is 124 cm³/mol. The second-order valence-electron chi connectivity index (χ2n) is 7.59. The Morgan fingerprint density at radius 1 is 0.906 bits per heavy atom. The third-order valence-electron chi connectivity index (χ3n) is 5.07. The zero-order valence-electron chi connectivity index (χ0n) is 18.2. The number of ether oxygens (including phenoxy) is 3. The molecule has 32 heavy (non-hydrogen) atoms. The minimum atomic E-state index is -0.436. The summed E-state index contributed by atoms with van der Waals surface area (Å²) in [5, 5.41) is 6.29. The fourth-order valence-electron chi connectivity index (χ4n) is 3.38. The Kier molecular flexibility index (Phi) is 7.27. The summed E-state index contributed by atoms with van der Waals surface area (Å²) in [7, 11) is 0. The molecule has 0 aliphatic carbocycles. The topological polar surface area (TPSA) is 64.6 Å². The Morgan fingerprint density at radius 3 is 2.50 bits per heavy atom. The smallest absolute Gasteiger partial charge is 0.165 e. The van der Waals surface area contributed by atoms with E-state index in [0.29, 0.717) is 42.8 Å². The highest BCUT2D eigenvalue weighted by molar-refractivity contribution is 5.67. The first-order valence-corrected chi connectivity index (χ1v) is 11.0. The van der Waals surface area contributed by atoms with E-state index >= 15 is 0 Å². The summed E-state index contributed by atoms with van der Waals surface area (Å²) in [6.07, 6.45) is 5.86. The number of nitrogens with zero attached hydrogens (tertiary/aromatic N) is 1. The van der Waals surface area contributed by atoms with Crippen molar-refractivity contribution in [3.05, 3.63) is 60.5 Å². The summed E-state index contributed by atoms with van der Waals surface area (Å²) in [6, 6.07) is 14.7. The quantitative estimate of drug-likeness (QED) is 0.356. The number of rotatable bonds is 10. The van der Waals surface area contributed by atoms with Gasteiger partial charge >= 0.3 is 0 Å². The Balaban J connectivity index is 1.37. The van der Waals surface area contributed by atoms with Gasteiger partial charge in [-0.2, -0.15) is 0 Å². The minimum absolute atomic E-state index is 0.327. The van der Waals surface area contributed by atoms with Crippen molar-refractivity contribution in [1.29, 1.82) is 0 Å². The van der Waals surface area contributed by atoms with Crippen LogP contribution in [-0.4, -0.2) is 24.8 Å². The number of fused-ring (bicyclic) bond motifs is 1. The lowest BCUT2D eigenvalue weighted by Gasteiger charge is -2.19. The summed E-state index contributed by atoms with van der Waals surface area (Å²) < 4.78 is 31.3. The molecule has 2 aromatic carbocycles. The maximum atomic E-state index is 14.4. The SMILES string of the molecule is CCCCCCOc1ccc(Nc2cc(Nc3ccc4c(c3)OCCO4)ncc2F)cc1. The first kappa shape index (κ1) is 21.7. The normalized spacial score (nSPS) is 12.3. The average Bonchev–Trinajstić information content (AvgIpc) is 2.82. The van der Waals surface area contributed by atoms with Gasteiger partial charge in [0.25, 0.3) is 0 Å². The molecule has 168 valence electrons. The van der Waals surface area contributed by atoms with Gasteiger partial charge in [-0.25, -0.2) is 9.37 Å². The van der Waals surface area contributed by atoms with Crippen molar-refractivity contribution in [2.75, 3.05) is 30.5 Å². The van der Waals surface area contributed by atoms with Gasteiger partial charge in [0.05, 0.1) is 18.5 Å². The van der Waals surface area contributed by atoms with E-state index in [1.54, 1.807) is 6.07 Å². The first-order chi connectivity index (χ1) is 15.7. The van der Waals surface area contributed by atoms with Crippen LogP contribution in [0.4, 0.5) is 27.3 Å². The molecule has 3 aromatic rings. The van der Waals surface area contributed by atoms with Crippen molar-refractivity contribution in [3.63, 3.8) is 0 Å². The van der Waals surface area contributed by atoms with Gasteiger partial charge in [-0.3, -0.25) is 0 Å².